The predicted molar refractivity (Wildman–Crippen MR) is 71.8 cm³/mol. The number of carbonyl (C=O) groups is 1. The average molecular weight is 247 g/mol. The van der Waals surface area contributed by atoms with Gasteiger partial charge >= 0.3 is 5.97 Å². The molecule has 0 spiro atoms. The van der Waals surface area contributed by atoms with Crippen molar-refractivity contribution in [3.05, 3.63) is 0 Å². The standard InChI is InChI=1S/C12H26N2O2.H3N/c1-4-5-6-9-13-10-7-8-11(12(15)16)14(2)3;/h11,13H,4-10H2,1-3H3,(H,15,16);1H3. The molecular formula is C12H29N3O2. The number of carboxylic acid groups (broad SMARTS) is 1. The van der Waals surface area contributed by atoms with Crippen molar-refractivity contribution in [2.75, 3.05) is 27.2 Å². The monoisotopic (exact) mass is 247 g/mol. The Morgan fingerprint density at radius 2 is 1.82 bits per heavy atom. The summed E-state index contributed by atoms with van der Waals surface area (Å²) >= 11 is 0. The molecule has 5 nitrogen and oxygen atoms in total. The maximum atomic E-state index is 10.9. The minimum absolute atomic E-state index is 0. The molecule has 0 fully saturated rings. The highest BCUT2D eigenvalue weighted by molar-refractivity contribution is 5.73. The second kappa shape index (κ2) is 11.8. The molecule has 0 radical (unpaired) electrons. The Morgan fingerprint density at radius 3 is 2.29 bits per heavy atom. The first kappa shape index (κ1) is 18.7. The van der Waals surface area contributed by atoms with Crippen LogP contribution in [0.1, 0.15) is 39.0 Å². The van der Waals surface area contributed by atoms with Gasteiger partial charge in [0.2, 0.25) is 0 Å². The van der Waals surface area contributed by atoms with Crippen molar-refractivity contribution < 1.29 is 9.90 Å². The number of nitrogens with one attached hydrogen (secondary N) is 1. The highest BCUT2D eigenvalue weighted by Gasteiger charge is 2.18. The van der Waals surface area contributed by atoms with Crippen LogP contribution in [-0.2, 0) is 4.79 Å². The van der Waals surface area contributed by atoms with Crippen LogP contribution < -0.4 is 11.5 Å². The molecular weight excluding hydrogens is 218 g/mol. The van der Waals surface area contributed by atoms with E-state index in [0.29, 0.717) is 6.42 Å². The zero-order valence-electron chi connectivity index (χ0n) is 11.5. The van der Waals surface area contributed by atoms with Crippen LogP contribution in [0.5, 0.6) is 0 Å². The molecule has 0 saturated heterocycles. The van der Waals surface area contributed by atoms with Gasteiger partial charge in [-0.3, -0.25) is 9.69 Å². The highest BCUT2D eigenvalue weighted by atomic mass is 16.4. The first-order valence-electron chi connectivity index (χ1n) is 6.19. The van der Waals surface area contributed by atoms with Gasteiger partial charge in [0, 0.05) is 0 Å². The summed E-state index contributed by atoms with van der Waals surface area (Å²) in [4.78, 5) is 12.6. The molecule has 5 heteroatoms. The summed E-state index contributed by atoms with van der Waals surface area (Å²) in [7, 11) is 3.63. The third kappa shape index (κ3) is 10.2. The molecule has 17 heavy (non-hydrogen) atoms. The van der Waals surface area contributed by atoms with Crippen LogP contribution in [0, 0.1) is 0 Å². The Morgan fingerprint density at radius 1 is 1.24 bits per heavy atom. The maximum Gasteiger partial charge on any atom is 0.320 e. The SMILES string of the molecule is CCCCCNCCCC(C(=O)O)N(C)C.N. The van der Waals surface area contributed by atoms with E-state index >= 15 is 0 Å². The van der Waals surface area contributed by atoms with Crippen molar-refractivity contribution >= 4 is 5.97 Å². The van der Waals surface area contributed by atoms with Gasteiger partial charge in [-0.2, -0.15) is 0 Å². The molecule has 0 heterocycles. The van der Waals surface area contributed by atoms with E-state index in [1.165, 1.54) is 19.3 Å². The summed E-state index contributed by atoms with van der Waals surface area (Å²) in [5, 5.41) is 12.3. The minimum atomic E-state index is -0.726. The van der Waals surface area contributed by atoms with Gasteiger partial charge in [0.1, 0.15) is 6.04 Å². The minimum Gasteiger partial charge on any atom is -0.480 e. The molecule has 0 rings (SSSR count). The van der Waals surface area contributed by atoms with Crippen LogP contribution in [0.4, 0.5) is 0 Å². The lowest BCUT2D eigenvalue weighted by Crippen LogP contribution is -2.36. The zero-order valence-corrected chi connectivity index (χ0v) is 11.5. The van der Waals surface area contributed by atoms with Crippen LogP contribution in [0.3, 0.4) is 0 Å². The van der Waals surface area contributed by atoms with Gasteiger partial charge in [0.15, 0.2) is 0 Å². The van der Waals surface area contributed by atoms with Crippen molar-refractivity contribution in [3.8, 4) is 0 Å². The fraction of sp³-hybridized carbons (Fsp3) is 0.917. The third-order valence-corrected chi connectivity index (χ3v) is 2.70. The normalized spacial score (nSPS) is 12.2. The number of aliphatic carboxylic acids is 1. The van der Waals surface area contributed by atoms with Gasteiger partial charge in [-0.1, -0.05) is 19.8 Å². The summed E-state index contributed by atoms with van der Waals surface area (Å²) in [5.41, 5.74) is 0. The Hall–Kier alpha value is -0.650. The molecule has 0 aromatic rings. The predicted octanol–water partition coefficient (Wildman–Crippen LogP) is 1.72. The molecule has 0 aliphatic heterocycles. The van der Waals surface area contributed by atoms with Crippen LogP contribution in [0.25, 0.3) is 0 Å². The summed E-state index contributed by atoms with van der Waals surface area (Å²) < 4.78 is 0. The van der Waals surface area contributed by atoms with E-state index in [1.807, 2.05) is 14.1 Å². The molecule has 5 N–H and O–H groups in total. The quantitative estimate of drug-likeness (QED) is 0.512. The van der Waals surface area contributed by atoms with E-state index in [2.05, 4.69) is 12.2 Å². The summed E-state index contributed by atoms with van der Waals surface area (Å²) in [6.45, 7) is 4.16. The van der Waals surface area contributed by atoms with Crippen molar-refractivity contribution in [1.29, 1.82) is 0 Å². The Balaban J connectivity index is 0. The van der Waals surface area contributed by atoms with Crippen molar-refractivity contribution in [3.63, 3.8) is 0 Å². The van der Waals surface area contributed by atoms with E-state index in [0.717, 1.165) is 19.5 Å². The molecule has 0 saturated carbocycles. The van der Waals surface area contributed by atoms with Gasteiger partial charge in [-0.05, 0) is 46.4 Å². The molecule has 0 aromatic heterocycles. The molecule has 1 unspecified atom stereocenters. The molecule has 0 aliphatic carbocycles. The zero-order chi connectivity index (χ0) is 12.4. The topological polar surface area (TPSA) is 87.6 Å². The molecule has 0 aromatic carbocycles. The lowest BCUT2D eigenvalue weighted by molar-refractivity contribution is -0.142. The fourth-order valence-corrected chi connectivity index (χ4v) is 1.65. The number of unbranched alkanes of at least 4 members (excludes halogenated alkanes) is 2. The Kier molecular flexibility index (Phi) is 13.0. The molecule has 0 aliphatic rings. The largest absolute Gasteiger partial charge is 0.480 e. The van der Waals surface area contributed by atoms with Gasteiger partial charge in [0.05, 0.1) is 0 Å². The van der Waals surface area contributed by atoms with E-state index in [9.17, 15) is 4.79 Å². The first-order chi connectivity index (χ1) is 7.59. The van der Waals surface area contributed by atoms with Gasteiger partial charge in [-0.25, -0.2) is 0 Å². The van der Waals surface area contributed by atoms with Crippen LogP contribution in [0.2, 0.25) is 0 Å². The maximum absolute atomic E-state index is 10.9. The summed E-state index contributed by atoms with van der Waals surface area (Å²) in [6, 6.07) is -0.350. The van der Waals surface area contributed by atoms with Crippen molar-refractivity contribution in [2.24, 2.45) is 0 Å². The number of rotatable bonds is 10. The number of likely N-dealkylation sites (N-methyl/N-ethyl adjacent to an activating group) is 1. The molecule has 104 valence electrons. The number of hydrogen-bond donors (Lipinski definition) is 3. The van der Waals surface area contributed by atoms with Crippen molar-refractivity contribution in [1.82, 2.24) is 16.4 Å². The molecule has 0 bridgehead atoms. The molecule has 1 atom stereocenters. The van der Waals surface area contributed by atoms with E-state index in [4.69, 9.17) is 5.11 Å². The van der Waals surface area contributed by atoms with E-state index in [1.54, 1.807) is 4.90 Å². The fourth-order valence-electron chi connectivity index (χ4n) is 1.65. The van der Waals surface area contributed by atoms with Gasteiger partial charge in [-0.15, -0.1) is 0 Å². The summed E-state index contributed by atoms with van der Waals surface area (Å²) in [5.74, 6) is -0.726. The second-order valence-electron chi connectivity index (χ2n) is 4.42. The lowest BCUT2D eigenvalue weighted by Gasteiger charge is -2.19. The van der Waals surface area contributed by atoms with Gasteiger partial charge < -0.3 is 16.6 Å². The first-order valence-corrected chi connectivity index (χ1v) is 6.19. The van der Waals surface area contributed by atoms with Crippen LogP contribution >= 0.6 is 0 Å². The van der Waals surface area contributed by atoms with E-state index < -0.39 is 5.97 Å². The lowest BCUT2D eigenvalue weighted by atomic mass is 10.1. The average Bonchev–Trinajstić information content (AvgIpc) is 2.21. The Bertz CT molecular complexity index is 187. The Labute approximate surface area is 105 Å². The number of carboxylic acids is 1. The van der Waals surface area contributed by atoms with E-state index in [-0.39, 0.29) is 12.2 Å². The van der Waals surface area contributed by atoms with Crippen LogP contribution in [-0.4, -0.2) is 49.2 Å². The summed E-state index contributed by atoms with van der Waals surface area (Å²) in [6.07, 6.45) is 5.35. The third-order valence-electron chi connectivity index (χ3n) is 2.70. The van der Waals surface area contributed by atoms with Crippen LogP contribution in [0.15, 0.2) is 0 Å². The number of hydrogen-bond acceptors (Lipinski definition) is 4. The highest BCUT2D eigenvalue weighted by Crippen LogP contribution is 2.03. The smallest absolute Gasteiger partial charge is 0.320 e. The molecule has 0 amide bonds. The van der Waals surface area contributed by atoms with Gasteiger partial charge in [0.25, 0.3) is 0 Å². The van der Waals surface area contributed by atoms with Crippen molar-refractivity contribution in [2.45, 2.75) is 45.1 Å². The second-order valence-corrected chi connectivity index (χ2v) is 4.42. The number of nitrogens with zero attached hydrogens (tertiary/aromatic N) is 1.